The molecule has 0 spiro atoms. The quantitative estimate of drug-likeness (QED) is 0.591. The van der Waals surface area contributed by atoms with E-state index in [0.29, 0.717) is 3.57 Å². The molecule has 5 heteroatoms. The van der Waals surface area contributed by atoms with Crippen LogP contribution in [-0.2, 0) is 0 Å². The van der Waals surface area contributed by atoms with Crippen LogP contribution in [-0.4, -0.2) is 5.24 Å². The first kappa shape index (κ1) is 10.4. The van der Waals surface area contributed by atoms with Crippen LogP contribution in [0.2, 0.25) is 0 Å². The van der Waals surface area contributed by atoms with Gasteiger partial charge in [0.05, 0.1) is 5.56 Å². The molecule has 1 aromatic carbocycles. The van der Waals surface area contributed by atoms with Crippen molar-refractivity contribution in [3.05, 3.63) is 32.6 Å². The molecule has 0 aliphatic heterocycles. The summed E-state index contributed by atoms with van der Waals surface area (Å²) in [7, 11) is 0. The van der Waals surface area contributed by atoms with Gasteiger partial charge in [0.1, 0.15) is 11.9 Å². The Morgan fingerprint density at radius 3 is 2.69 bits per heavy atom. The fraction of sp³-hybridized carbons (Fsp3) is 0. The Balaban J connectivity index is 3.41. The van der Waals surface area contributed by atoms with Crippen LogP contribution in [0.1, 0.15) is 15.9 Å². The summed E-state index contributed by atoms with van der Waals surface area (Å²) in [4.78, 5) is 10.8. The van der Waals surface area contributed by atoms with Crippen LogP contribution >= 0.6 is 34.2 Å². The van der Waals surface area contributed by atoms with Gasteiger partial charge in [0.15, 0.2) is 0 Å². The highest BCUT2D eigenvalue weighted by Crippen LogP contribution is 2.19. The van der Waals surface area contributed by atoms with Crippen molar-refractivity contribution in [1.82, 2.24) is 0 Å². The molecule has 0 atom stereocenters. The highest BCUT2D eigenvalue weighted by atomic mass is 127. The van der Waals surface area contributed by atoms with E-state index in [1.54, 1.807) is 28.7 Å². The topological polar surface area (TPSA) is 40.9 Å². The molecule has 0 bridgehead atoms. The molecule has 1 aromatic rings. The Labute approximate surface area is 92.4 Å². The summed E-state index contributed by atoms with van der Waals surface area (Å²) in [5.74, 6) is -0.645. The molecule has 66 valence electrons. The van der Waals surface area contributed by atoms with Gasteiger partial charge in [-0.15, -0.1) is 0 Å². The Kier molecular flexibility index (Phi) is 3.22. The predicted octanol–water partition coefficient (Wildman–Crippen LogP) is 2.68. The number of benzene rings is 1. The van der Waals surface area contributed by atoms with E-state index in [2.05, 4.69) is 0 Å². The van der Waals surface area contributed by atoms with E-state index < -0.39 is 11.1 Å². The Hall–Kier alpha value is -0.670. The zero-order chi connectivity index (χ0) is 10.0. The van der Waals surface area contributed by atoms with E-state index in [4.69, 9.17) is 16.9 Å². The lowest BCUT2D eigenvalue weighted by molar-refractivity contribution is 0.108. The Morgan fingerprint density at radius 1 is 1.62 bits per heavy atom. The Morgan fingerprint density at radius 2 is 2.23 bits per heavy atom. The molecule has 0 heterocycles. The van der Waals surface area contributed by atoms with Gasteiger partial charge >= 0.3 is 0 Å². The number of halogens is 3. The molecule has 13 heavy (non-hydrogen) atoms. The van der Waals surface area contributed by atoms with Crippen LogP contribution in [0.15, 0.2) is 12.1 Å². The van der Waals surface area contributed by atoms with Crippen molar-refractivity contribution in [2.45, 2.75) is 0 Å². The van der Waals surface area contributed by atoms with Gasteiger partial charge in [-0.1, -0.05) is 0 Å². The second-order valence-corrected chi connectivity index (χ2v) is 3.70. The fourth-order valence-corrected chi connectivity index (χ4v) is 1.78. The van der Waals surface area contributed by atoms with Crippen LogP contribution in [0.5, 0.6) is 0 Å². The summed E-state index contributed by atoms with van der Waals surface area (Å²) < 4.78 is 13.3. The van der Waals surface area contributed by atoms with Crippen LogP contribution < -0.4 is 0 Å². The second-order valence-electron chi connectivity index (χ2n) is 2.20. The van der Waals surface area contributed by atoms with Crippen molar-refractivity contribution in [2.24, 2.45) is 0 Å². The third-order valence-corrected chi connectivity index (χ3v) is 2.49. The molecule has 0 saturated heterocycles. The van der Waals surface area contributed by atoms with Gasteiger partial charge in [0, 0.05) is 9.13 Å². The van der Waals surface area contributed by atoms with Crippen LogP contribution in [0.25, 0.3) is 0 Å². The predicted molar refractivity (Wildman–Crippen MR) is 54.0 cm³/mol. The van der Waals surface area contributed by atoms with Gasteiger partial charge in [0.2, 0.25) is 0 Å². The molecular weight excluding hydrogens is 307 g/mol. The van der Waals surface area contributed by atoms with Crippen molar-refractivity contribution in [3.63, 3.8) is 0 Å². The minimum absolute atomic E-state index is 0.153. The SMILES string of the molecule is N#Cc1cc(C(=O)Cl)c(I)cc1F. The van der Waals surface area contributed by atoms with E-state index in [1.165, 1.54) is 0 Å². The first-order valence-electron chi connectivity index (χ1n) is 3.15. The number of hydrogen-bond donors (Lipinski definition) is 0. The van der Waals surface area contributed by atoms with Gasteiger partial charge in [0.25, 0.3) is 5.24 Å². The zero-order valence-corrected chi connectivity index (χ0v) is 9.06. The molecule has 2 nitrogen and oxygen atoms in total. The molecule has 1 rings (SSSR count). The van der Waals surface area contributed by atoms with E-state index >= 15 is 0 Å². The maximum atomic E-state index is 12.9. The van der Waals surface area contributed by atoms with E-state index in [0.717, 1.165) is 12.1 Å². The molecular formula is C8H2ClFINO. The molecule has 0 radical (unpaired) electrons. The van der Waals surface area contributed by atoms with Crippen molar-refractivity contribution < 1.29 is 9.18 Å². The maximum Gasteiger partial charge on any atom is 0.253 e. The number of nitriles is 1. The molecule has 0 saturated carbocycles. The number of carbonyl (C=O) groups excluding carboxylic acids is 1. The number of nitrogens with zero attached hydrogens (tertiary/aromatic N) is 1. The lowest BCUT2D eigenvalue weighted by atomic mass is 10.1. The standard InChI is InChI=1S/C8H2ClFINO/c9-8(13)5-1-4(3-12)6(10)2-7(5)11/h1-2H. The smallest absolute Gasteiger partial charge is 0.253 e. The summed E-state index contributed by atoms with van der Waals surface area (Å²) >= 11 is 6.99. The molecule has 0 fully saturated rings. The van der Waals surface area contributed by atoms with Gasteiger partial charge in [-0.05, 0) is 46.3 Å². The van der Waals surface area contributed by atoms with E-state index in [9.17, 15) is 9.18 Å². The third kappa shape index (κ3) is 2.17. The monoisotopic (exact) mass is 309 g/mol. The lowest BCUT2D eigenvalue weighted by Gasteiger charge is -1.99. The van der Waals surface area contributed by atoms with Crippen LogP contribution in [0.4, 0.5) is 4.39 Å². The molecule has 0 unspecified atom stereocenters. The molecule has 0 aliphatic rings. The first-order chi connectivity index (χ1) is 6.06. The average molecular weight is 309 g/mol. The van der Waals surface area contributed by atoms with Crippen molar-refractivity contribution >= 4 is 39.4 Å². The van der Waals surface area contributed by atoms with Gasteiger partial charge in [-0.2, -0.15) is 5.26 Å². The van der Waals surface area contributed by atoms with Crippen LogP contribution in [0.3, 0.4) is 0 Å². The molecule has 0 amide bonds. The van der Waals surface area contributed by atoms with Gasteiger partial charge in [-0.25, -0.2) is 4.39 Å². The summed E-state index contributed by atoms with van der Waals surface area (Å²) in [6, 6.07) is 3.88. The van der Waals surface area contributed by atoms with Crippen molar-refractivity contribution in [3.8, 4) is 6.07 Å². The van der Waals surface area contributed by atoms with E-state index in [-0.39, 0.29) is 11.1 Å². The number of carbonyl (C=O) groups is 1. The second kappa shape index (κ2) is 4.03. The fourth-order valence-electron chi connectivity index (χ4n) is 0.785. The van der Waals surface area contributed by atoms with Gasteiger partial charge in [-0.3, -0.25) is 4.79 Å². The highest BCUT2D eigenvalue weighted by Gasteiger charge is 2.11. The van der Waals surface area contributed by atoms with Crippen molar-refractivity contribution in [2.75, 3.05) is 0 Å². The minimum atomic E-state index is -0.694. The summed E-state index contributed by atoms with van der Waals surface area (Å²) in [6.07, 6.45) is 0. The molecule has 0 aliphatic carbocycles. The highest BCUT2D eigenvalue weighted by molar-refractivity contribution is 14.1. The summed E-state index contributed by atoms with van der Waals surface area (Å²) in [5, 5.41) is 7.78. The van der Waals surface area contributed by atoms with Crippen molar-refractivity contribution in [1.29, 1.82) is 5.26 Å². The van der Waals surface area contributed by atoms with Crippen LogP contribution in [0, 0.1) is 20.7 Å². The summed E-state index contributed by atoms with van der Waals surface area (Å²) in [6.45, 7) is 0. The maximum absolute atomic E-state index is 12.9. The zero-order valence-electron chi connectivity index (χ0n) is 6.14. The first-order valence-corrected chi connectivity index (χ1v) is 4.61. The average Bonchev–Trinajstić information content (AvgIpc) is 2.03. The largest absolute Gasteiger partial charge is 0.276 e. The normalized spacial score (nSPS) is 9.38. The number of rotatable bonds is 1. The lowest BCUT2D eigenvalue weighted by Crippen LogP contribution is -1.97. The Bertz CT molecular complexity index is 413. The molecule has 0 aromatic heterocycles. The van der Waals surface area contributed by atoms with Gasteiger partial charge < -0.3 is 0 Å². The summed E-state index contributed by atoms with van der Waals surface area (Å²) in [5.41, 5.74) is -0.0235. The number of hydrogen-bond acceptors (Lipinski definition) is 2. The minimum Gasteiger partial charge on any atom is -0.276 e. The van der Waals surface area contributed by atoms with E-state index in [1.807, 2.05) is 0 Å². The third-order valence-electron chi connectivity index (χ3n) is 1.39. The molecule has 0 N–H and O–H groups in total.